The van der Waals surface area contributed by atoms with Crippen molar-refractivity contribution in [3.05, 3.63) is 32.4 Å². The lowest BCUT2D eigenvalue weighted by Gasteiger charge is -2.11. The van der Waals surface area contributed by atoms with Gasteiger partial charge in [0.25, 0.3) is 0 Å². The van der Waals surface area contributed by atoms with E-state index < -0.39 is 0 Å². The molecule has 0 spiro atoms. The third kappa shape index (κ3) is 2.61. The van der Waals surface area contributed by atoms with Crippen molar-refractivity contribution in [3.8, 4) is 0 Å². The maximum Gasteiger partial charge on any atom is 0.0542 e. The molecule has 0 aromatic heterocycles. The smallest absolute Gasteiger partial charge is 0.0542 e. The minimum atomic E-state index is 0.843. The lowest BCUT2D eigenvalue weighted by molar-refractivity contribution is 0.401. The molecular weight excluding hydrogens is 284 g/mol. The first-order valence-corrected chi connectivity index (χ1v) is 5.14. The fourth-order valence-corrected chi connectivity index (χ4v) is 1.74. The van der Waals surface area contributed by atoms with Crippen molar-refractivity contribution in [3.63, 3.8) is 0 Å². The summed E-state index contributed by atoms with van der Waals surface area (Å²) in [6, 6.07) is 6.01. The quantitative estimate of drug-likeness (QED) is 0.758. The topological polar surface area (TPSA) is 3.24 Å². The molecule has 0 atom stereocenters. The van der Waals surface area contributed by atoms with Crippen molar-refractivity contribution in [2.24, 2.45) is 0 Å². The minimum Gasteiger partial charge on any atom is -0.305 e. The van der Waals surface area contributed by atoms with E-state index in [1.165, 1.54) is 5.56 Å². The van der Waals surface area contributed by atoms with E-state index in [-0.39, 0.29) is 0 Å². The van der Waals surface area contributed by atoms with E-state index in [4.69, 9.17) is 11.6 Å². The molecule has 0 N–H and O–H groups in total. The molecule has 0 unspecified atom stereocenters. The van der Waals surface area contributed by atoms with Gasteiger partial charge in [-0.15, -0.1) is 0 Å². The Bertz CT molecular complexity index is 273. The summed E-state index contributed by atoms with van der Waals surface area (Å²) in [7, 11) is 4.11. The summed E-state index contributed by atoms with van der Waals surface area (Å²) < 4.78 is 1.16. The standard InChI is InChI=1S/C9H11ClIN/c1-12(2)6-7-4-3-5-8(10)9(7)11/h3-5H,6H2,1-2H3. The van der Waals surface area contributed by atoms with Crippen LogP contribution in [0.3, 0.4) is 0 Å². The van der Waals surface area contributed by atoms with Crippen LogP contribution in [-0.4, -0.2) is 19.0 Å². The molecule has 0 bridgehead atoms. The molecule has 0 aliphatic rings. The van der Waals surface area contributed by atoms with E-state index in [9.17, 15) is 0 Å². The minimum absolute atomic E-state index is 0.843. The number of halogens is 2. The average molecular weight is 296 g/mol. The Kier molecular flexibility index (Phi) is 3.80. The number of hydrogen-bond donors (Lipinski definition) is 0. The Labute approximate surface area is 91.9 Å². The number of rotatable bonds is 2. The molecule has 0 amide bonds. The first-order valence-electron chi connectivity index (χ1n) is 3.69. The van der Waals surface area contributed by atoms with Gasteiger partial charge in [-0.2, -0.15) is 0 Å². The van der Waals surface area contributed by atoms with Gasteiger partial charge in [-0.25, -0.2) is 0 Å². The van der Waals surface area contributed by atoms with E-state index in [0.29, 0.717) is 0 Å². The summed E-state index contributed by atoms with van der Waals surface area (Å²) in [5.74, 6) is 0. The third-order valence-electron chi connectivity index (χ3n) is 1.52. The lowest BCUT2D eigenvalue weighted by atomic mass is 10.2. The first kappa shape index (κ1) is 10.3. The highest BCUT2D eigenvalue weighted by atomic mass is 127. The van der Waals surface area contributed by atoms with Crippen LogP contribution in [0.1, 0.15) is 5.56 Å². The fraction of sp³-hybridized carbons (Fsp3) is 0.333. The SMILES string of the molecule is CN(C)Cc1cccc(Cl)c1I. The monoisotopic (exact) mass is 295 g/mol. The van der Waals surface area contributed by atoms with Gasteiger partial charge < -0.3 is 4.90 Å². The number of nitrogens with zero attached hydrogens (tertiary/aromatic N) is 1. The van der Waals surface area contributed by atoms with Gasteiger partial charge in [0, 0.05) is 10.1 Å². The predicted octanol–water partition coefficient (Wildman–Crippen LogP) is 3.01. The average Bonchev–Trinajstić information content (AvgIpc) is 1.98. The summed E-state index contributed by atoms with van der Waals surface area (Å²) >= 11 is 8.25. The van der Waals surface area contributed by atoms with Crippen LogP contribution >= 0.6 is 34.2 Å². The molecule has 1 aromatic rings. The van der Waals surface area contributed by atoms with Crippen molar-refractivity contribution < 1.29 is 0 Å². The Morgan fingerprint density at radius 3 is 2.67 bits per heavy atom. The van der Waals surface area contributed by atoms with E-state index in [1.807, 2.05) is 12.1 Å². The van der Waals surface area contributed by atoms with Gasteiger partial charge in [0.2, 0.25) is 0 Å². The molecule has 66 valence electrons. The van der Waals surface area contributed by atoms with Crippen LogP contribution in [0.2, 0.25) is 5.02 Å². The summed E-state index contributed by atoms with van der Waals surface area (Å²) in [5, 5.41) is 0.843. The second-order valence-corrected chi connectivity index (χ2v) is 4.44. The Hall–Kier alpha value is 0.200. The summed E-state index contributed by atoms with van der Waals surface area (Å²) in [5.41, 5.74) is 1.29. The molecule has 12 heavy (non-hydrogen) atoms. The normalized spacial score (nSPS) is 10.8. The molecule has 1 rings (SSSR count). The first-order chi connectivity index (χ1) is 5.61. The zero-order valence-electron chi connectivity index (χ0n) is 7.14. The van der Waals surface area contributed by atoms with Gasteiger partial charge in [0.15, 0.2) is 0 Å². The second-order valence-electron chi connectivity index (χ2n) is 2.95. The highest BCUT2D eigenvalue weighted by molar-refractivity contribution is 14.1. The van der Waals surface area contributed by atoms with Crippen LogP contribution < -0.4 is 0 Å². The van der Waals surface area contributed by atoms with Gasteiger partial charge in [-0.05, 0) is 48.3 Å². The lowest BCUT2D eigenvalue weighted by Crippen LogP contribution is -2.11. The van der Waals surface area contributed by atoms with Crippen LogP contribution in [0, 0.1) is 3.57 Å². The highest BCUT2D eigenvalue weighted by Crippen LogP contribution is 2.22. The zero-order valence-corrected chi connectivity index (χ0v) is 10.1. The van der Waals surface area contributed by atoms with Crippen LogP contribution in [0.4, 0.5) is 0 Å². The Balaban J connectivity index is 2.92. The van der Waals surface area contributed by atoms with Crippen molar-refractivity contribution >= 4 is 34.2 Å². The van der Waals surface area contributed by atoms with Crippen LogP contribution in [0.15, 0.2) is 18.2 Å². The van der Waals surface area contributed by atoms with Crippen molar-refractivity contribution in [2.45, 2.75) is 6.54 Å². The van der Waals surface area contributed by atoms with E-state index >= 15 is 0 Å². The van der Waals surface area contributed by atoms with Crippen LogP contribution in [0.25, 0.3) is 0 Å². The predicted molar refractivity (Wildman–Crippen MR) is 61.6 cm³/mol. The second kappa shape index (κ2) is 4.44. The molecular formula is C9H11ClIN. The van der Waals surface area contributed by atoms with Crippen molar-refractivity contribution in [2.75, 3.05) is 14.1 Å². The van der Waals surface area contributed by atoms with Gasteiger partial charge >= 0.3 is 0 Å². The maximum atomic E-state index is 5.97. The van der Waals surface area contributed by atoms with Gasteiger partial charge in [-0.1, -0.05) is 23.7 Å². The summed E-state index contributed by atoms with van der Waals surface area (Å²) in [6.07, 6.45) is 0. The molecule has 0 radical (unpaired) electrons. The Morgan fingerprint density at radius 1 is 1.42 bits per heavy atom. The molecule has 3 heteroatoms. The summed E-state index contributed by atoms with van der Waals surface area (Å²) in [6.45, 7) is 0.943. The molecule has 1 aromatic carbocycles. The molecule has 0 aliphatic carbocycles. The largest absolute Gasteiger partial charge is 0.305 e. The molecule has 0 saturated heterocycles. The third-order valence-corrected chi connectivity index (χ3v) is 3.43. The Morgan fingerprint density at radius 2 is 2.08 bits per heavy atom. The fourth-order valence-electron chi connectivity index (χ4n) is 1.01. The molecule has 1 nitrogen and oxygen atoms in total. The number of benzene rings is 1. The molecule has 0 aliphatic heterocycles. The highest BCUT2D eigenvalue weighted by Gasteiger charge is 2.03. The van der Waals surface area contributed by atoms with Gasteiger partial charge in [-0.3, -0.25) is 0 Å². The van der Waals surface area contributed by atoms with E-state index in [2.05, 4.69) is 47.7 Å². The van der Waals surface area contributed by atoms with Crippen LogP contribution in [-0.2, 0) is 6.54 Å². The molecule has 0 heterocycles. The van der Waals surface area contributed by atoms with E-state index in [1.54, 1.807) is 0 Å². The zero-order chi connectivity index (χ0) is 9.14. The number of hydrogen-bond acceptors (Lipinski definition) is 1. The van der Waals surface area contributed by atoms with Gasteiger partial charge in [0.05, 0.1) is 5.02 Å². The molecule has 0 fully saturated rings. The molecule has 0 saturated carbocycles. The van der Waals surface area contributed by atoms with Crippen molar-refractivity contribution in [1.82, 2.24) is 4.90 Å². The van der Waals surface area contributed by atoms with Crippen molar-refractivity contribution in [1.29, 1.82) is 0 Å². The summed E-state index contributed by atoms with van der Waals surface area (Å²) in [4.78, 5) is 2.13. The van der Waals surface area contributed by atoms with E-state index in [0.717, 1.165) is 15.1 Å². The van der Waals surface area contributed by atoms with Crippen LogP contribution in [0.5, 0.6) is 0 Å². The van der Waals surface area contributed by atoms with Gasteiger partial charge in [0.1, 0.15) is 0 Å². The maximum absolute atomic E-state index is 5.97.